The molecular formula is C22H28N2O2S. The lowest BCUT2D eigenvalue weighted by molar-refractivity contribution is -0.116. The van der Waals surface area contributed by atoms with Crippen molar-refractivity contribution in [2.75, 3.05) is 22.1 Å². The molecule has 0 radical (unpaired) electrons. The second-order valence-electron chi connectivity index (χ2n) is 6.84. The Hall–Kier alpha value is -2.27. The van der Waals surface area contributed by atoms with Gasteiger partial charge in [-0.25, -0.2) is 0 Å². The zero-order chi connectivity index (χ0) is 19.8. The molecule has 0 aromatic heterocycles. The second-order valence-corrected chi connectivity index (χ2v) is 7.94. The van der Waals surface area contributed by atoms with Gasteiger partial charge in [0.05, 0.1) is 5.75 Å². The first-order chi connectivity index (χ1) is 12.9. The first kappa shape index (κ1) is 21.0. The minimum Gasteiger partial charge on any atom is -0.326 e. The molecular weight excluding hydrogens is 356 g/mol. The van der Waals surface area contributed by atoms with Crippen molar-refractivity contribution in [2.24, 2.45) is 0 Å². The number of benzene rings is 2. The number of anilines is 2. The van der Waals surface area contributed by atoms with Crippen LogP contribution in [0.1, 0.15) is 35.1 Å². The quantitative estimate of drug-likeness (QED) is 0.629. The van der Waals surface area contributed by atoms with Crippen molar-refractivity contribution < 1.29 is 9.59 Å². The van der Waals surface area contributed by atoms with Crippen LogP contribution in [0.2, 0.25) is 0 Å². The highest BCUT2D eigenvalue weighted by molar-refractivity contribution is 7.99. The number of thioether (sulfide) groups is 1. The molecule has 0 fully saturated rings. The summed E-state index contributed by atoms with van der Waals surface area (Å²) >= 11 is 1.55. The number of carbonyl (C=O) groups is 2. The van der Waals surface area contributed by atoms with E-state index in [0.29, 0.717) is 12.2 Å². The molecule has 0 spiro atoms. The van der Waals surface area contributed by atoms with Crippen molar-refractivity contribution in [3.05, 3.63) is 58.7 Å². The maximum absolute atomic E-state index is 12.1. The molecule has 4 nitrogen and oxygen atoms in total. The molecule has 0 saturated heterocycles. The molecule has 0 bridgehead atoms. The number of amides is 2. The third kappa shape index (κ3) is 6.75. The van der Waals surface area contributed by atoms with Crippen LogP contribution >= 0.6 is 11.8 Å². The van der Waals surface area contributed by atoms with E-state index in [0.717, 1.165) is 45.8 Å². The van der Waals surface area contributed by atoms with Crippen molar-refractivity contribution >= 4 is 35.0 Å². The van der Waals surface area contributed by atoms with Crippen molar-refractivity contribution in [3.63, 3.8) is 0 Å². The Labute approximate surface area is 166 Å². The van der Waals surface area contributed by atoms with Crippen LogP contribution in [0.15, 0.2) is 36.4 Å². The van der Waals surface area contributed by atoms with E-state index in [9.17, 15) is 9.59 Å². The molecule has 5 heteroatoms. The molecule has 2 amide bonds. The highest BCUT2D eigenvalue weighted by Gasteiger charge is 2.08. The van der Waals surface area contributed by atoms with Crippen LogP contribution in [0.5, 0.6) is 0 Å². The second kappa shape index (κ2) is 10.2. The van der Waals surface area contributed by atoms with Crippen molar-refractivity contribution in [1.29, 1.82) is 0 Å². The summed E-state index contributed by atoms with van der Waals surface area (Å²) in [6.45, 7) is 7.98. The molecule has 0 heterocycles. The average Bonchev–Trinajstić information content (AvgIpc) is 2.61. The number of aryl methyl sites for hydroxylation is 4. The third-order valence-electron chi connectivity index (χ3n) is 4.34. The summed E-state index contributed by atoms with van der Waals surface area (Å²) in [5.74, 6) is 1.19. The summed E-state index contributed by atoms with van der Waals surface area (Å²) in [6, 6.07) is 12.0. The Morgan fingerprint density at radius 3 is 2.30 bits per heavy atom. The van der Waals surface area contributed by atoms with Gasteiger partial charge in [-0.3, -0.25) is 9.59 Å². The Kier molecular flexibility index (Phi) is 7.92. The lowest BCUT2D eigenvalue weighted by Gasteiger charge is -2.11. The summed E-state index contributed by atoms with van der Waals surface area (Å²) in [7, 11) is 0. The number of hydrogen-bond acceptors (Lipinski definition) is 3. The Morgan fingerprint density at radius 2 is 1.59 bits per heavy atom. The summed E-state index contributed by atoms with van der Waals surface area (Å²) < 4.78 is 0. The van der Waals surface area contributed by atoms with Crippen LogP contribution in [0.4, 0.5) is 11.4 Å². The van der Waals surface area contributed by atoms with Gasteiger partial charge in [-0.05, 0) is 68.2 Å². The molecule has 0 atom stereocenters. The van der Waals surface area contributed by atoms with E-state index in [-0.39, 0.29) is 11.8 Å². The minimum atomic E-state index is -0.00585. The molecule has 0 aliphatic rings. The molecule has 0 unspecified atom stereocenters. The molecule has 2 aromatic rings. The monoisotopic (exact) mass is 384 g/mol. The average molecular weight is 385 g/mol. The third-order valence-corrected chi connectivity index (χ3v) is 5.38. The zero-order valence-electron chi connectivity index (χ0n) is 16.5. The van der Waals surface area contributed by atoms with Gasteiger partial charge in [0.2, 0.25) is 11.8 Å². The normalized spacial score (nSPS) is 10.5. The van der Waals surface area contributed by atoms with Gasteiger partial charge in [0.15, 0.2) is 0 Å². The van der Waals surface area contributed by atoms with Gasteiger partial charge in [-0.1, -0.05) is 30.3 Å². The van der Waals surface area contributed by atoms with Gasteiger partial charge in [-0.2, -0.15) is 11.8 Å². The Balaban J connectivity index is 1.67. The van der Waals surface area contributed by atoms with Crippen LogP contribution in [-0.2, 0) is 9.59 Å². The highest BCUT2D eigenvalue weighted by atomic mass is 32.2. The van der Waals surface area contributed by atoms with Gasteiger partial charge in [0.25, 0.3) is 0 Å². The zero-order valence-corrected chi connectivity index (χ0v) is 17.3. The summed E-state index contributed by atoms with van der Waals surface area (Å²) in [6.07, 6.45) is 1.21. The maximum atomic E-state index is 12.1. The fourth-order valence-electron chi connectivity index (χ4n) is 2.77. The fraction of sp³-hybridized carbons (Fsp3) is 0.364. The van der Waals surface area contributed by atoms with E-state index in [2.05, 4.69) is 10.6 Å². The number of carbonyl (C=O) groups excluding carboxylic acids is 2. The van der Waals surface area contributed by atoms with Crippen molar-refractivity contribution in [2.45, 2.75) is 40.5 Å². The molecule has 2 rings (SSSR count). The smallest absolute Gasteiger partial charge is 0.234 e. The summed E-state index contributed by atoms with van der Waals surface area (Å²) in [5.41, 5.74) is 6.10. The summed E-state index contributed by atoms with van der Waals surface area (Å²) in [5, 5.41) is 5.95. The van der Waals surface area contributed by atoms with E-state index in [4.69, 9.17) is 0 Å². The Morgan fingerprint density at radius 1 is 0.889 bits per heavy atom. The van der Waals surface area contributed by atoms with Crippen LogP contribution in [-0.4, -0.2) is 23.3 Å². The van der Waals surface area contributed by atoms with Gasteiger partial charge in [0, 0.05) is 17.8 Å². The van der Waals surface area contributed by atoms with Crippen LogP contribution in [0.25, 0.3) is 0 Å². The number of para-hydroxylation sites is 1. The topological polar surface area (TPSA) is 58.2 Å². The molecule has 27 heavy (non-hydrogen) atoms. The van der Waals surface area contributed by atoms with E-state index in [1.54, 1.807) is 11.8 Å². The molecule has 0 saturated carbocycles. The SMILES string of the molecule is Cc1ccc(C)c(NC(=O)CSCCCC(=O)Nc2c(C)cccc2C)c1. The van der Waals surface area contributed by atoms with Crippen molar-refractivity contribution in [1.82, 2.24) is 0 Å². The van der Waals surface area contributed by atoms with Crippen LogP contribution in [0.3, 0.4) is 0 Å². The number of hydrogen-bond donors (Lipinski definition) is 2. The number of nitrogens with one attached hydrogen (secondary N) is 2. The lowest BCUT2D eigenvalue weighted by atomic mass is 10.1. The van der Waals surface area contributed by atoms with E-state index >= 15 is 0 Å². The molecule has 2 aromatic carbocycles. The molecule has 2 N–H and O–H groups in total. The largest absolute Gasteiger partial charge is 0.326 e. The van der Waals surface area contributed by atoms with E-state index in [1.807, 2.05) is 64.1 Å². The molecule has 144 valence electrons. The van der Waals surface area contributed by atoms with Crippen LogP contribution in [0, 0.1) is 27.7 Å². The summed E-state index contributed by atoms with van der Waals surface area (Å²) in [4.78, 5) is 24.2. The van der Waals surface area contributed by atoms with Gasteiger partial charge >= 0.3 is 0 Å². The number of rotatable bonds is 8. The van der Waals surface area contributed by atoms with E-state index < -0.39 is 0 Å². The Bertz CT molecular complexity index is 798. The highest BCUT2D eigenvalue weighted by Crippen LogP contribution is 2.20. The first-order valence-electron chi connectivity index (χ1n) is 9.17. The van der Waals surface area contributed by atoms with E-state index in [1.165, 1.54) is 0 Å². The first-order valence-corrected chi connectivity index (χ1v) is 10.3. The lowest BCUT2D eigenvalue weighted by Crippen LogP contribution is -2.16. The predicted octanol–water partition coefficient (Wildman–Crippen LogP) is 5.01. The fourth-order valence-corrected chi connectivity index (χ4v) is 3.52. The maximum Gasteiger partial charge on any atom is 0.234 e. The van der Waals surface area contributed by atoms with Gasteiger partial charge in [-0.15, -0.1) is 0 Å². The predicted molar refractivity (Wildman–Crippen MR) is 116 cm³/mol. The van der Waals surface area contributed by atoms with Gasteiger partial charge in [0.1, 0.15) is 0 Å². The molecule has 0 aliphatic heterocycles. The van der Waals surface area contributed by atoms with Crippen molar-refractivity contribution in [3.8, 4) is 0 Å². The minimum absolute atomic E-state index is 0.00585. The van der Waals surface area contributed by atoms with Gasteiger partial charge < -0.3 is 10.6 Å². The van der Waals surface area contributed by atoms with Crippen LogP contribution < -0.4 is 10.6 Å². The standard InChI is InChI=1S/C22H28N2O2S/c1-15-10-11-16(2)19(13-15)23-21(26)14-27-12-6-9-20(25)24-22-17(3)7-5-8-18(22)4/h5,7-8,10-11,13H,6,9,12,14H2,1-4H3,(H,23,26)(H,24,25). The molecule has 0 aliphatic carbocycles.